The lowest BCUT2D eigenvalue weighted by Crippen LogP contribution is -2.45. The zero-order chi connectivity index (χ0) is 26.2. The van der Waals surface area contributed by atoms with Crippen molar-refractivity contribution in [2.24, 2.45) is 7.05 Å². The highest BCUT2D eigenvalue weighted by Crippen LogP contribution is 2.31. The lowest BCUT2D eigenvalue weighted by atomic mass is 10.1. The van der Waals surface area contributed by atoms with Gasteiger partial charge >= 0.3 is 6.01 Å². The number of aromatic nitrogens is 6. The Labute approximate surface area is 218 Å². The minimum atomic E-state index is -1.10. The van der Waals surface area contributed by atoms with Gasteiger partial charge in [0.15, 0.2) is 5.82 Å². The molecule has 1 aliphatic heterocycles. The second-order valence-electron chi connectivity index (χ2n) is 9.55. The third kappa shape index (κ3) is 4.80. The fourth-order valence-electron chi connectivity index (χ4n) is 4.57. The molecule has 10 nitrogen and oxygen atoms in total. The molecular formula is C27H27FN8O2. The van der Waals surface area contributed by atoms with E-state index in [4.69, 9.17) is 9.47 Å². The molecule has 11 heteroatoms. The van der Waals surface area contributed by atoms with Crippen LogP contribution in [-0.4, -0.2) is 66.8 Å². The van der Waals surface area contributed by atoms with Crippen molar-refractivity contribution in [1.82, 2.24) is 34.4 Å². The van der Waals surface area contributed by atoms with Crippen LogP contribution in [-0.2, 0) is 7.05 Å². The third-order valence-electron chi connectivity index (χ3n) is 6.66. The molecule has 6 rings (SSSR count). The summed E-state index contributed by atoms with van der Waals surface area (Å²) in [6, 6.07) is 11.7. The Hall–Kier alpha value is -4.38. The van der Waals surface area contributed by atoms with Crippen molar-refractivity contribution < 1.29 is 13.9 Å². The average Bonchev–Trinajstić information content (AvgIpc) is 3.27. The van der Waals surface area contributed by atoms with Gasteiger partial charge in [-0.2, -0.15) is 4.98 Å². The van der Waals surface area contributed by atoms with Crippen LogP contribution in [0.4, 0.5) is 15.9 Å². The van der Waals surface area contributed by atoms with Crippen LogP contribution in [0.1, 0.15) is 12.0 Å². The van der Waals surface area contributed by atoms with Crippen LogP contribution in [0.3, 0.4) is 0 Å². The number of hydrogen-bond donors (Lipinski definition) is 1. The van der Waals surface area contributed by atoms with Gasteiger partial charge < -0.3 is 24.3 Å². The predicted molar refractivity (Wildman–Crippen MR) is 142 cm³/mol. The second-order valence-corrected chi connectivity index (χ2v) is 9.55. The van der Waals surface area contributed by atoms with Gasteiger partial charge in [0, 0.05) is 38.3 Å². The molecule has 2 aromatic carbocycles. The van der Waals surface area contributed by atoms with E-state index in [2.05, 4.69) is 30.2 Å². The van der Waals surface area contributed by atoms with E-state index in [1.807, 2.05) is 66.9 Å². The monoisotopic (exact) mass is 514 g/mol. The number of alkyl halides is 1. The number of imidazole rings is 1. The third-order valence-corrected chi connectivity index (χ3v) is 6.66. The number of nitrogens with zero attached hydrogens (tertiary/aromatic N) is 7. The standard InChI is InChI=1S/C27H27FN8O2/c1-16-10-17(4-7-23(16)37-18-5-6-22-20(11-18)32-15-36(22)3)33-26-25-21(30-14-31-26)12-29-27(34-25)38-24-8-9-35(2)13-19(24)28/h4-7,10-12,14-15,19,24H,8-9,13H2,1-3H3,(H,30,31,33)/t19-,24+/m1/s1. The largest absolute Gasteiger partial charge is 0.457 e. The quantitative estimate of drug-likeness (QED) is 0.349. The highest BCUT2D eigenvalue weighted by atomic mass is 19.1. The molecule has 1 N–H and O–H groups in total. The van der Waals surface area contributed by atoms with Gasteiger partial charge in [-0.1, -0.05) is 0 Å². The van der Waals surface area contributed by atoms with Crippen molar-refractivity contribution in [3.63, 3.8) is 0 Å². The van der Waals surface area contributed by atoms with E-state index >= 15 is 0 Å². The van der Waals surface area contributed by atoms with Gasteiger partial charge in [0.25, 0.3) is 0 Å². The number of likely N-dealkylation sites (tertiary alicyclic amines) is 1. The molecule has 0 radical (unpaired) electrons. The zero-order valence-electron chi connectivity index (χ0n) is 21.3. The van der Waals surface area contributed by atoms with Gasteiger partial charge in [-0.3, -0.25) is 0 Å². The number of nitrogens with one attached hydrogen (secondary N) is 1. The van der Waals surface area contributed by atoms with Crippen LogP contribution >= 0.6 is 0 Å². The Morgan fingerprint density at radius 1 is 1.03 bits per heavy atom. The van der Waals surface area contributed by atoms with Gasteiger partial charge in [0.05, 0.1) is 23.6 Å². The molecule has 194 valence electrons. The molecule has 0 spiro atoms. The maximum absolute atomic E-state index is 14.5. The number of hydrogen-bond acceptors (Lipinski definition) is 9. The maximum atomic E-state index is 14.5. The first-order valence-corrected chi connectivity index (χ1v) is 12.4. The van der Waals surface area contributed by atoms with Crippen molar-refractivity contribution in [2.75, 3.05) is 25.5 Å². The number of aryl methyl sites for hydroxylation is 2. The fraction of sp³-hybridized carbons (Fsp3) is 0.296. The summed E-state index contributed by atoms with van der Waals surface area (Å²) in [4.78, 5) is 23.7. The topological polar surface area (TPSA) is 103 Å². The van der Waals surface area contributed by atoms with E-state index in [1.165, 1.54) is 6.33 Å². The second kappa shape index (κ2) is 9.82. The van der Waals surface area contributed by atoms with Crippen LogP contribution in [0.15, 0.2) is 55.2 Å². The number of fused-ring (bicyclic) bond motifs is 2. The molecule has 4 heterocycles. The lowest BCUT2D eigenvalue weighted by Gasteiger charge is -2.31. The number of halogens is 1. The van der Waals surface area contributed by atoms with Crippen molar-refractivity contribution in [3.05, 3.63) is 60.8 Å². The fourth-order valence-corrected chi connectivity index (χ4v) is 4.57. The Morgan fingerprint density at radius 2 is 1.92 bits per heavy atom. The van der Waals surface area contributed by atoms with Crippen LogP contribution in [0.5, 0.6) is 17.5 Å². The molecule has 0 amide bonds. The number of rotatable bonds is 6. The lowest BCUT2D eigenvalue weighted by molar-refractivity contribution is 0.0259. The summed E-state index contributed by atoms with van der Waals surface area (Å²) in [5.41, 5.74) is 4.69. The van der Waals surface area contributed by atoms with E-state index in [0.717, 1.165) is 34.6 Å². The SMILES string of the molecule is Cc1cc(Nc2ncnc3cnc(O[C@H]4CCN(C)C[C@H]4F)nc23)ccc1Oc1ccc2c(c1)ncn2C. The van der Waals surface area contributed by atoms with E-state index < -0.39 is 12.3 Å². The van der Waals surface area contributed by atoms with E-state index in [1.54, 1.807) is 12.5 Å². The van der Waals surface area contributed by atoms with Crippen LogP contribution < -0.4 is 14.8 Å². The zero-order valence-corrected chi connectivity index (χ0v) is 21.3. The summed E-state index contributed by atoms with van der Waals surface area (Å²) in [6.45, 7) is 3.05. The molecule has 2 atom stereocenters. The summed E-state index contributed by atoms with van der Waals surface area (Å²) in [5, 5.41) is 3.31. The first kappa shape index (κ1) is 24.0. The summed E-state index contributed by atoms with van der Waals surface area (Å²) >= 11 is 0. The normalized spacial score (nSPS) is 18.1. The summed E-state index contributed by atoms with van der Waals surface area (Å²) < 4.78 is 28.4. The number of piperidine rings is 1. The Morgan fingerprint density at radius 3 is 2.76 bits per heavy atom. The first-order valence-electron chi connectivity index (χ1n) is 12.4. The van der Waals surface area contributed by atoms with Crippen molar-refractivity contribution in [2.45, 2.75) is 25.6 Å². The summed E-state index contributed by atoms with van der Waals surface area (Å²) in [7, 11) is 3.85. The summed E-state index contributed by atoms with van der Waals surface area (Å²) in [6.07, 6.45) is 3.67. The molecule has 1 fully saturated rings. The van der Waals surface area contributed by atoms with Crippen molar-refractivity contribution in [3.8, 4) is 17.5 Å². The highest BCUT2D eigenvalue weighted by molar-refractivity contribution is 5.86. The molecule has 5 aromatic rings. The Bertz CT molecular complexity index is 1620. The van der Waals surface area contributed by atoms with Gasteiger partial charge in [0.2, 0.25) is 0 Å². The molecule has 0 unspecified atom stereocenters. The molecule has 0 bridgehead atoms. The Balaban J connectivity index is 1.21. The number of ether oxygens (including phenoxy) is 2. The van der Waals surface area contributed by atoms with E-state index in [0.29, 0.717) is 35.6 Å². The smallest absolute Gasteiger partial charge is 0.317 e. The van der Waals surface area contributed by atoms with Crippen LogP contribution in [0.2, 0.25) is 0 Å². The molecule has 0 saturated carbocycles. The molecule has 38 heavy (non-hydrogen) atoms. The minimum absolute atomic E-state index is 0.109. The van der Waals surface area contributed by atoms with Gasteiger partial charge in [0.1, 0.15) is 41.1 Å². The molecule has 1 saturated heterocycles. The van der Waals surface area contributed by atoms with E-state index in [9.17, 15) is 4.39 Å². The molecule has 3 aromatic heterocycles. The predicted octanol–water partition coefficient (Wildman–Crippen LogP) is 4.57. The Kier molecular flexibility index (Phi) is 6.20. The molecule has 1 aliphatic rings. The number of anilines is 2. The van der Waals surface area contributed by atoms with Gasteiger partial charge in [-0.05, 0) is 49.9 Å². The van der Waals surface area contributed by atoms with Gasteiger partial charge in [-0.25, -0.2) is 24.3 Å². The maximum Gasteiger partial charge on any atom is 0.317 e. The van der Waals surface area contributed by atoms with E-state index in [-0.39, 0.29) is 6.01 Å². The minimum Gasteiger partial charge on any atom is -0.457 e. The molecule has 0 aliphatic carbocycles. The summed E-state index contributed by atoms with van der Waals surface area (Å²) in [5.74, 6) is 1.94. The molecular weight excluding hydrogens is 487 g/mol. The highest BCUT2D eigenvalue weighted by Gasteiger charge is 2.30. The first-order chi connectivity index (χ1) is 18.4. The number of benzene rings is 2. The van der Waals surface area contributed by atoms with Crippen LogP contribution in [0.25, 0.3) is 22.1 Å². The van der Waals surface area contributed by atoms with Crippen molar-refractivity contribution >= 4 is 33.6 Å². The van der Waals surface area contributed by atoms with Crippen LogP contribution in [0, 0.1) is 6.92 Å². The van der Waals surface area contributed by atoms with Crippen molar-refractivity contribution in [1.29, 1.82) is 0 Å². The van der Waals surface area contributed by atoms with Gasteiger partial charge in [-0.15, -0.1) is 0 Å². The average molecular weight is 515 g/mol.